The van der Waals surface area contributed by atoms with Crippen LogP contribution in [0.5, 0.6) is 0 Å². The molecule has 1 heterocycles. The number of carbonyl (C=O) groups excluding carboxylic acids is 2. The molecular formula is C14H14F2N4O2S. The Labute approximate surface area is 135 Å². The topological polar surface area (TPSA) is 82.9 Å². The number of nitrogens with zero attached hydrogens (tertiary/aromatic N) is 2. The Morgan fingerprint density at radius 2 is 2.09 bits per heavy atom. The Morgan fingerprint density at radius 3 is 2.74 bits per heavy atom. The molecule has 1 aromatic rings. The van der Waals surface area contributed by atoms with Crippen LogP contribution in [0.4, 0.5) is 14.5 Å². The maximum absolute atomic E-state index is 13.1. The summed E-state index contributed by atoms with van der Waals surface area (Å²) in [5.74, 6) is -2.89. The van der Waals surface area contributed by atoms with Crippen molar-refractivity contribution < 1.29 is 18.4 Å². The number of halogens is 2. The predicted molar refractivity (Wildman–Crippen MR) is 85.3 cm³/mol. The minimum absolute atomic E-state index is 0.122. The van der Waals surface area contributed by atoms with Crippen LogP contribution in [0.3, 0.4) is 0 Å². The maximum atomic E-state index is 13.1. The van der Waals surface area contributed by atoms with Crippen LogP contribution < -0.4 is 10.6 Å². The molecule has 2 rings (SSSR count). The third-order valence-corrected chi connectivity index (χ3v) is 3.76. The summed E-state index contributed by atoms with van der Waals surface area (Å²) in [7, 11) is 0. The van der Waals surface area contributed by atoms with Crippen molar-refractivity contribution >= 4 is 40.1 Å². The van der Waals surface area contributed by atoms with Gasteiger partial charge in [0.05, 0.1) is 0 Å². The van der Waals surface area contributed by atoms with E-state index in [1.54, 1.807) is 13.8 Å². The van der Waals surface area contributed by atoms with E-state index in [0.717, 1.165) is 29.6 Å². The first-order valence-electron chi connectivity index (χ1n) is 6.66. The molecular weight excluding hydrogens is 326 g/mol. The number of amidine groups is 1. The van der Waals surface area contributed by atoms with Gasteiger partial charge in [0.1, 0.15) is 5.25 Å². The molecule has 0 spiro atoms. The lowest BCUT2D eigenvalue weighted by Gasteiger charge is -2.07. The van der Waals surface area contributed by atoms with Crippen molar-refractivity contribution in [3.63, 3.8) is 0 Å². The number of rotatable bonds is 4. The molecule has 0 bridgehead atoms. The van der Waals surface area contributed by atoms with Crippen LogP contribution in [0.25, 0.3) is 0 Å². The van der Waals surface area contributed by atoms with E-state index in [9.17, 15) is 18.4 Å². The second-order valence-electron chi connectivity index (χ2n) is 4.93. The zero-order valence-electron chi connectivity index (χ0n) is 12.4. The van der Waals surface area contributed by atoms with Gasteiger partial charge in [-0.15, -0.1) is 5.10 Å². The monoisotopic (exact) mass is 340 g/mol. The van der Waals surface area contributed by atoms with Crippen molar-refractivity contribution in [2.75, 3.05) is 5.32 Å². The number of hydrogen-bond acceptors (Lipinski definition) is 5. The van der Waals surface area contributed by atoms with Crippen molar-refractivity contribution in [1.82, 2.24) is 5.32 Å². The summed E-state index contributed by atoms with van der Waals surface area (Å²) < 4.78 is 25.9. The van der Waals surface area contributed by atoms with E-state index in [-0.39, 0.29) is 18.0 Å². The zero-order valence-corrected chi connectivity index (χ0v) is 13.2. The fourth-order valence-electron chi connectivity index (χ4n) is 1.69. The Kier molecular flexibility index (Phi) is 5.43. The van der Waals surface area contributed by atoms with Gasteiger partial charge in [-0.2, -0.15) is 5.10 Å². The van der Waals surface area contributed by atoms with Crippen LogP contribution in [0.1, 0.15) is 20.3 Å². The molecule has 9 heteroatoms. The van der Waals surface area contributed by atoms with Gasteiger partial charge < -0.3 is 10.6 Å². The first-order valence-corrected chi connectivity index (χ1v) is 7.54. The summed E-state index contributed by atoms with van der Waals surface area (Å²) in [4.78, 5) is 23.7. The Bertz CT molecular complexity index is 702. The first kappa shape index (κ1) is 17.1. The molecule has 2 amide bonds. The molecule has 6 nitrogen and oxygen atoms in total. The number of anilines is 1. The van der Waals surface area contributed by atoms with Gasteiger partial charge >= 0.3 is 0 Å². The number of carbonyl (C=O) groups is 2. The van der Waals surface area contributed by atoms with Crippen LogP contribution in [0.2, 0.25) is 0 Å². The molecule has 1 aromatic carbocycles. The van der Waals surface area contributed by atoms with Crippen LogP contribution in [0, 0.1) is 11.6 Å². The SMILES string of the molecule is CC(C)=N/N=C1\NC(=O)C(CC(=O)Nc2ccc(F)c(F)c2)S1. The second-order valence-corrected chi connectivity index (χ2v) is 6.12. The average Bonchev–Trinajstić information content (AvgIpc) is 2.81. The molecule has 1 fully saturated rings. The standard InChI is InChI=1S/C14H14F2N4O2S/c1-7(2)19-20-14-18-13(22)11(23-14)6-12(21)17-8-3-4-9(15)10(16)5-8/h3-5,11H,6H2,1-2H3,(H,17,21)(H,18,20,22). The van der Waals surface area contributed by atoms with E-state index in [1.165, 1.54) is 6.07 Å². The van der Waals surface area contributed by atoms with Crippen LogP contribution >= 0.6 is 11.8 Å². The van der Waals surface area contributed by atoms with E-state index >= 15 is 0 Å². The van der Waals surface area contributed by atoms with Crippen molar-refractivity contribution in [2.24, 2.45) is 10.2 Å². The van der Waals surface area contributed by atoms with E-state index in [1.807, 2.05) is 0 Å². The molecule has 0 radical (unpaired) electrons. The van der Waals surface area contributed by atoms with E-state index < -0.39 is 22.8 Å². The zero-order chi connectivity index (χ0) is 17.0. The molecule has 2 N–H and O–H groups in total. The Morgan fingerprint density at radius 1 is 1.35 bits per heavy atom. The normalized spacial score (nSPS) is 18.7. The highest BCUT2D eigenvalue weighted by Crippen LogP contribution is 2.23. The van der Waals surface area contributed by atoms with Crippen molar-refractivity contribution in [2.45, 2.75) is 25.5 Å². The number of nitrogens with one attached hydrogen (secondary N) is 2. The van der Waals surface area contributed by atoms with Crippen molar-refractivity contribution in [3.05, 3.63) is 29.8 Å². The van der Waals surface area contributed by atoms with Crippen LogP contribution in [0.15, 0.2) is 28.4 Å². The third kappa shape index (κ3) is 4.85. The van der Waals surface area contributed by atoms with Gasteiger partial charge in [0.15, 0.2) is 16.8 Å². The fraction of sp³-hybridized carbons (Fsp3) is 0.286. The van der Waals surface area contributed by atoms with Crippen LogP contribution in [-0.2, 0) is 9.59 Å². The van der Waals surface area contributed by atoms with Gasteiger partial charge in [-0.05, 0) is 26.0 Å². The fourth-order valence-corrected chi connectivity index (χ4v) is 2.60. The predicted octanol–water partition coefficient (Wildman–Crippen LogP) is 2.28. The summed E-state index contributed by atoms with van der Waals surface area (Å²) in [5.41, 5.74) is 0.851. The van der Waals surface area contributed by atoms with Gasteiger partial charge in [-0.1, -0.05) is 11.8 Å². The molecule has 23 heavy (non-hydrogen) atoms. The molecule has 1 unspecified atom stereocenters. The van der Waals surface area contributed by atoms with E-state index in [2.05, 4.69) is 20.8 Å². The minimum Gasteiger partial charge on any atom is -0.326 e. The Balaban J connectivity index is 1.95. The summed E-state index contributed by atoms with van der Waals surface area (Å²) in [6, 6.07) is 3.03. The molecule has 1 atom stereocenters. The smallest absolute Gasteiger partial charge is 0.240 e. The minimum atomic E-state index is -1.06. The lowest BCUT2D eigenvalue weighted by atomic mass is 10.2. The maximum Gasteiger partial charge on any atom is 0.240 e. The molecule has 0 aromatic heterocycles. The van der Waals surface area contributed by atoms with E-state index in [4.69, 9.17) is 0 Å². The largest absolute Gasteiger partial charge is 0.326 e. The van der Waals surface area contributed by atoms with Gasteiger partial charge in [0.25, 0.3) is 0 Å². The summed E-state index contributed by atoms with van der Waals surface area (Å²) >= 11 is 1.09. The highest BCUT2D eigenvalue weighted by molar-refractivity contribution is 8.15. The lowest BCUT2D eigenvalue weighted by molar-refractivity contribution is -0.122. The number of benzene rings is 1. The van der Waals surface area contributed by atoms with Gasteiger partial charge in [-0.3, -0.25) is 9.59 Å². The number of amides is 2. The molecule has 0 saturated carbocycles. The van der Waals surface area contributed by atoms with E-state index in [0.29, 0.717) is 5.17 Å². The number of hydrogen-bond donors (Lipinski definition) is 2. The van der Waals surface area contributed by atoms with Crippen molar-refractivity contribution in [3.8, 4) is 0 Å². The Hall–Kier alpha value is -2.29. The second kappa shape index (κ2) is 7.32. The van der Waals surface area contributed by atoms with Gasteiger partial charge in [-0.25, -0.2) is 8.78 Å². The van der Waals surface area contributed by atoms with Gasteiger partial charge in [0, 0.05) is 23.9 Å². The molecule has 0 aliphatic carbocycles. The lowest BCUT2D eigenvalue weighted by Crippen LogP contribution is -2.28. The first-order chi connectivity index (χ1) is 10.8. The molecule has 122 valence electrons. The molecule has 1 saturated heterocycles. The molecule has 1 aliphatic rings. The highest BCUT2D eigenvalue weighted by atomic mass is 32.2. The van der Waals surface area contributed by atoms with Crippen molar-refractivity contribution in [1.29, 1.82) is 0 Å². The summed E-state index contributed by atoms with van der Waals surface area (Å²) in [6.07, 6.45) is -0.122. The van der Waals surface area contributed by atoms with Gasteiger partial charge in [0.2, 0.25) is 11.8 Å². The highest BCUT2D eigenvalue weighted by Gasteiger charge is 2.32. The third-order valence-electron chi connectivity index (χ3n) is 2.69. The quantitative estimate of drug-likeness (QED) is 0.651. The summed E-state index contributed by atoms with van der Waals surface area (Å²) in [5, 5.41) is 12.3. The molecule has 1 aliphatic heterocycles. The van der Waals surface area contributed by atoms with Crippen LogP contribution in [-0.4, -0.2) is 27.9 Å². The summed E-state index contributed by atoms with van der Waals surface area (Å²) in [6.45, 7) is 3.52. The number of thioether (sulfide) groups is 1. The average molecular weight is 340 g/mol.